The summed E-state index contributed by atoms with van der Waals surface area (Å²) in [6.07, 6.45) is 6.81. The standard InChI is InChI=1S/C12H23NO/c1-11-4-2-3-7-13(11)10-12-5-8-14-9-6-12/h11-12H,2-10H2,1H3. The molecule has 0 bridgehead atoms. The Bertz CT molecular complexity index is 166. The first-order chi connectivity index (χ1) is 6.86. The molecule has 2 nitrogen and oxygen atoms in total. The van der Waals surface area contributed by atoms with Crippen molar-refractivity contribution in [1.29, 1.82) is 0 Å². The van der Waals surface area contributed by atoms with Crippen molar-refractivity contribution in [1.82, 2.24) is 4.90 Å². The monoisotopic (exact) mass is 197 g/mol. The molecule has 1 atom stereocenters. The third-order valence-electron chi connectivity index (χ3n) is 3.77. The molecule has 2 aliphatic heterocycles. The van der Waals surface area contributed by atoms with Crippen LogP contribution in [0.3, 0.4) is 0 Å². The van der Waals surface area contributed by atoms with Crippen LogP contribution in [0.2, 0.25) is 0 Å². The molecular weight excluding hydrogens is 174 g/mol. The van der Waals surface area contributed by atoms with E-state index in [4.69, 9.17) is 4.74 Å². The molecule has 0 aliphatic carbocycles. The van der Waals surface area contributed by atoms with Gasteiger partial charge in [0.25, 0.3) is 0 Å². The highest BCUT2D eigenvalue weighted by Crippen LogP contribution is 2.22. The lowest BCUT2D eigenvalue weighted by Crippen LogP contribution is -2.41. The zero-order valence-electron chi connectivity index (χ0n) is 9.37. The van der Waals surface area contributed by atoms with Crippen molar-refractivity contribution in [3.05, 3.63) is 0 Å². The number of hydrogen-bond donors (Lipinski definition) is 0. The minimum atomic E-state index is 0.826. The Labute approximate surface area is 87.6 Å². The van der Waals surface area contributed by atoms with Crippen molar-refractivity contribution in [2.75, 3.05) is 26.3 Å². The van der Waals surface area contributed by atoms with Gasteiger partial charge in [-0.2, -0.15) is 0 Å². The van der Waals surface area contributed by atoms with E-state index in [1.54, 1.807) is 0 Å². The van der Waals surface area contributed by atoms with Gasteiger partial charge in [-0.05, 0) is 45.1 Å². The molecule has 0 amide bonds. The van der Waals surface area contributed by atoms with E-state index in [9.17, 15) is 0 Å². The lowest BCUT2D eigenvalue weighted by Gasteiger charge is -2.36. The number of piperidine rings is 1. The highest BCUT2D eigenvalue weighted by Gasteiger charge is 2.22. The van der Waals surface area contributed by atoms with Crippen molar-refractivity contribution < 1.29 is 4.74 Å². The molecule has 2 heteroatoms. The number of nitrogens with zero attached hydrogens (tertiary/aromatic N) is 1. The molecule has 0 saturated carbocycles. The van der Waals surface area contributed by atoms with Crippen LogP contribution < -0.4 is 0 Å². The Morgan fingerprint density at radius 1 is 1.14 bits per heavy atom. The molecule has 14 heavy (non-hydrogen) atoms. The van der Waals surface area contributed by atoms with Gasteiger partial charge in [-0.25, -0.2) is 0 Å². The average Bonchev–Trinajstić information content (AvgIpc) is 2.23. The van der Waals surface area contributed by atoms with E-state index in [-0.39, 0.29) is 0 Å². The Morgan fingerprint density at radius 3 is 2.64 bits per heavy atom. The second kappa shape index (κ2) is 5.13. The third-order valence-corrected chi connectivity index (χ3v) is 3.77. The number of hydrogen-bond acceptors (Lipinski definition) is 2. The average molecular weight is 197 g/mol. The van der Waals surface area contributed by atoms with Crippen molar-refractivity contribution in [2.24, 2.45) is 5.92 Å². The number of rotatable bonds is 2. The summed E-state index contributed by atoms with van der Waals surface area (Å²) < 4.78 is 5.40. The Morgan fingerprint density at radius 2 is 1.93 bits per heavy atom. The molecule has 2 saturated heterocycles. The number of likely N-dealkylation sites (tertiary alicyclic amines) is 1. The second-order valence-corrected chi connectivity index (χ2v) is 4.90. The summed E-state index contributed by atoms with van der Waals surface area (Å²) in [6, 6.07) is 0.826. The molecule has 0 radical (unpaired) electrons. The summed E-state index contributed by atoms with van der Waals surface area (Å²) in [5.41, 5.74) is 0. The molecule has 2 heterocycles. The maximum absolute atomic E-state index is 5.40. The first-order valence-electron chi connectivity index (χ1n) is 6.18. The van der Waals surface area contributed by atoms with E-state index in [0.717, 1.165) is 25.2 Å². The van der Waals surface area contributed by atoms with Crippen LogP contribution in [0.15, 0.2) is 0 Å². The molecule has 2 rings (SSSR count). The van der Waals surface area contributed by atoms with Crippen LogP contribution in [-0.2, 0) is 4.74 Å². The largest absolute Gasteiger partial charge is 0.381 e. The molecular formula is C12H23NO. The summed E-state index contributed by atoms with van der Waals surface area (Å²) in [5.74, 6) is 0.907. The van der Waals surface area contributed by atoms with Gasteiger partial charge in [0.2, 0.25) is 0 Å². The highest BCUT2D eigenvalue weighted by molar-refractivity contribution is 4.76. The smallest absolute Gasteiger partial charge is 0.0469 e. The van der Waals surface area contributed by atoms with Crippen LogP contribution in [-0.4, -0.2) is 37.2 Å². The normalized spacial score (nSPS) is 31.9. The van der Waals surface area contributed by atoms with Crippen molar-refractivity contribution >= 4 is 0 Å². The minimum absolute atomic E-state index is 0.826. The molecule has 2 aliphatic rings. The topological polar surface area (TPSA) is 12.5 Å². The maximum Gasteiger partial charge on any atom is 0.0469 e. The van der Waals surface area contributed by atoms with Gasteiger partial charge in [0.1, 0.15) is 0 Å². The van der Waals surface area contributed by atoms with Crippen LogP contribution in [0.4, 0.5) is 0 Å². The molecule has 82 valence electrons. The lowest BCUT2D eigenvalue weighted by atomic mass is 9.96. The summed E-state index contributed by atoms with van der Waals surface area (Å²) in [5, 5.41) is 0. The molecule has 0 spiro atoms. The molecule has 2 fully saturated rings. The van der Waals surface area contributed by atoms with E-state index >= 15 is 0 Å². The predicted octanol–water partition coefficient (Wildman–Crippen LogP) is 2.29. The zero-order valence-corrected chi connectivity index (χ0v) is 9.37. The Hall–Kier alpha value is -0.0800. The summed E-state index contributed by atoms with van der Waals surface area (Å²) in [7, 11) is 0. The van der Waals surface area contributed by atoms with Crippen LogP contribution in [0.25, 0.3) is 0 Å². The molecule has 0 aromatic rings. The molecule has 0 N–H and O–H groups in total. The van der Waals surface area contributed by atoms with Crippen molar-refractivity contribution in [3.8, 4) is 0 Å². The van der Waals surface area contributed by atoms with Gasteiger partial charge in [-0.1, -0.05) is 6.42 Å². The second-order valence-electron chi connectivity index (χ2n) is 4.90. The summed E-state index contributed by atoms with van der Waals surface area (Å²) >= 11 is 0. The van der Waals surface area contributed by atoms with Crippen molar-refractivity contribution in [3.63, 3.8) is 0 Å². The van der Waals surface area contributed by atoms with Gasteiger partial charge in [-0.15, -0.1) is 0 Å². The van der Waals surface area contributed by atoms with Crippen LogP contribution in [0.1, 0.15) is 39.0 Å². The SMILES string of the molecule is CC1CCCCN1CC1CCOCC1. The highest BCUT2D eigenvalue weighted by atomic mass is 16.5. The Balaban J connectivity index is 1.76. The van der Waals surface area contributed by atoms with E-state index < -0.39 is 0 Å². The number of ether oxygens (including phenoxy) is 1. The quantitative estimate of drug-likeness (QED) is 0.673. The molecule has 1 unspecified atom stereocenters. The summed E-state index contributed by atoms with van der Waals surface area (Å²) in [6.45, 7) is 7.03. The minimum Gasteiger partial charge on any atom is -0.381 e. The predicted molar refractivity (Wildman–Crippen MR) is 58.4 cm³/mol. The fourth-order valence-electron chi connectivity index (χ4n) is 2.69. The first-order valence-corrected chi connectivity index (χ1v) is 6.18. The van der Waals surface area contributed by atoms with Gasteiger partial charge in [0, 0.05) is 25.8 Å². The first kappa shape index (κ1) is 10.4. The fourth-order valence-corrected chi connectivity index (χ4v) is 2.69. The summed E-state index contributed by atoms with van der Waals surface area (Å²) in [4.78, 5) is 2.69. The van der Waals surface area contributed by atoms with Gasteiger partial charge < -0.3 is 9.64 Å². The van der Waals surface area contributed by atoms with Gasteiger partial charge in [0.15, 0.2) is 0 Å². The fraction of sp³-hybridized carbons (Fsp3) is 1.00. The van der Waals surface area contributed by atoms with E-state index in [0.29, 0.717) is 0 Å². The van der Waals surface area contributed by atoms with Crippen LogP contribution in [0.5, 0.6) is 0 Å². The van der Waals surface area contributed by atoms with Gasteiger partial charge >= 0.3 is 0 Å². The van der Waals surface area contributed by atoms with Crippen molar-refractivity contribution in [2.45, 2.75) is 45.1 Å². The molecule has 0 aromatic carbocycles. The lowest BCUT2D eigenvalue weighted by molar-refractivity contribution is 0.0408. The maximum atomic E-state index is 5.40. The third kappa shape index (κ3) is 2.71. The van der Waals surface area contributed by atoms with Gasteiger partial charge in [0.05, 0.1) is 0 Å². The van der Waals surface area contributed by atoms with E-state index in [1.165, 1.54) is 45.2 Å². The van der Waals surface area contributed by atoms with Gasteiger partial charge in [-0.3, -0.25) is 0 Å². The Kier molecular flexibility index (Phi) is 3.82. The van der Waals surface area contributed by atoms with Crippen LogP contribution in [0, 0.1) is 5.92 Å². The van der Waals surface area contributed by atoms with E-state index in [1.807, 2.05) is 0 Å². The van der Waals surface area contributed by atoms with E-state index in [2.05, 4.69) is 11.8 Å². The molecule has 0 aromatic heterocycles. The zero-order chi connectivity index (χ0) is 9.80. The van der Waals surface area contributed by atoms with Crippen LogP contribution >= 0.6 is 0 Å².